The van der Waals surface area contributed by atoms with Crippen LogP contribution in [0.15, 0.2) is 23.1 Å². The van der Waals surface area contributed by atoms with Gasteiger partial charge in [-0.05, 0) is 100.0 Å². The smallest absolute Gasteiger partial charge is 0.341 e. The molecule has 2 aromatic rings. The van der Waals surface area contributed by atoms with Gasteiger partial charge >= 0.3 is 5.97 Å². The Morgan fingerprint density at radius 1 is 1.11 bits per heavy atom. The number of hydrogen-bond donors (Lipinski definition) is 1. The third-order valence-electron chi connectivity index (χ3n) is 8.73. The molecule has 1 atom stereocenters. The normalized spacial score (nSPS) is 19.3. The maximum atomic E-state index is 13.2. The van der Waals surface area contributed by atoms with Gasteiger partial charge in [-0.2, -0.15) is 0 Å². The van der Waals surface area contributed by atoms with Crippen molar-refractivity contribution in [2.24, 2.45) is 5.92 Å². The molecule has 2 amide bonds. The van der Waals surface area contributed by atoms with Gasteiger partial charge in [0.2, 0.25) is 5.91 Å². The number of thioether (sulfide) groups is 1. The van der Waals surface area contributed by atoms with Crippen LogP contribution in [0.5, 0.6) is 11.5 Å². The molecule has 0 spiro atoms. The summed E-state index contributed by atoms with van der Waals surface area (Å²) >= 11 is 8.36. The highest BCUT2D eigenvalue weighted by molar-refractivity contribution is 8.26. The van der Waals surface area contributed by atoms with E-state index in [0.717, 1.165) is 61.8 Å². The lowest BCUT2D eigenvalue weighted by molar-refractivity contribution is -0.122. The molecule has 0 bridgehead atoms. The van der Waals surface area contributed by atoms with Crippen molar-refractivity contribution < 1.29 is 28.6 Å². The van der Waals surface area contributed by atoms with E-state index in [4.69, 9.17) is 26.4 Å². The predicted octanol–water partition coefficient (Wildman–Crippen LogP) is 8.17. The Hall–Kier alpha value is -2.89. The second-order valence-electron chi connectivity index (χ2n) is 12.3. The second kappa shape index (κ2) is 16.3. The SMILES string of the molecule is CCOC(=O)c1c(NC(=O)CCCCCN2C(=O)/C(=C/c3ccc(OC4CCCCC4)c(OC)c3)SC2=S)sc2c1CCC(C)C2. The largest absolute Gasteiger partial charge is 0.493 e. The fraction of sp³-hybridized carbons (Fsp3) is 0.543. The van der Waals surface area contributed by atoms with Crippen molar-refractivity contribution in [3.63, 3.8) is 0 Å². The van der Waals surface area contributed by atoms with Crippen molar-refractivity contribution in [2.75, 3.05) is 25.6 Å². The number of carbonyl (C=O) groups is 3. The minimum atomic E-state index is -0.359. The van der Waals surface area contributed by atoms with Crippen molar-refractivity contribution in [1.29, 1.82) is 0 Å². The van der Waals surface area contributed by atoms with Crippen molar-refractivity contribution in [3.05, 3.63) is 44.7 Å². The van der Waals surface area contributed by atoms with E-state index < -0.39 is 0 Å². The Morgan fingerprint density at radius 2 is 1.91 bits per heavy atom. The summed E-state index contributed by atoms with van der Waals surface area (Å²) in [5.41, 5.74) is 2.42. The van der Waals surface area contributed by atoms with Crippen LogP contribution in [0, 0.1) is 5.92 Å². The second-order valence-corrected chi connectivity index (χ2v) is 15.0. The lowest BCUT2D eigenvalue weighted by Gasteiger charge is -2.24. The van der Waals surface area contributed by atoms with Gasteiger partial charge in [-0.25, -0.2) is 4.79 Å². The Labute approximate surface area is 285 Å². The van der Waals surface area contributed by atoms with Gasteiger partial charge in [0.25, 0.3) is 5.91 Å². The number of thiocarbonyl (C=S) groups is 1. The van der Waals surface area contributed by atoms with Crippen molar-refractivity contribution in [1.82, 2.24) is 4.90 Å². The number of thiophene rings is 1. The number of hydrogen-bond acceptors (Lipinski definition) is 9. The summed E-state index contributed by atoms with van der Waals surface area (Å²) in [7, 11) is 1.63. The van der Waals surface area contributed by atoms with E-state index in [1.165, 1.54) is 47.2 Å². The van der Waals surface area contributed by atoms with E-state index in [1.54, 1.807) is 18.9 Å². The fourth-order valence-corrected chi connectivity index (χ4v) is 8.98. The highest BCUT2D eigenvalue weighted by Gasteiger charge is 2.32. The molecule has 1 N–H and O–H groups in total. The molecule has 0 radical (unpaired) electrons. The summed E-state index contributed by atoms with van der Waals surface area (Å²) in [5.74, 6) is 1.38. The zero-order valence-electron chi connectivity index (χ0n) is 27.0. The summed E-state index contributed by atoms with van der Waals surface area (Å²) in [4.78, 5) is 42.2. The summed E-state index contributed by atoms with van der Waals surface area (Å²) in [5, 5.41) is 3.60. The fourth-order valence-electron chi connectivity index (χ4n) is 6.26. The molecule has 46 heavy (non-hydrogen) atoms. The Kier molecular flexibility index (Phi) is 12.2. The molecular formula is C35H44N2O6S3. The average molecular weight is 685 g/mol. The van der Waals surface area contributed by atoms with E-state index in [9.17, 15) is 14.4 Å². The number of rotatable bonds is 13. The first-order chi connectivity index (χ1) is 22.3. The number of nitrogens with zero attached hydrogens (tertiary/aromatic N) is 1. The lowest BCUT2D eigenvalue weighted by atomic mass is 9.88. The van der Waals surface area contributed by atoms with Gasteiger partial charge in [0.05, 0.1) is 30.3 Å². The van der Waals surface area contributed by atoms with E-state index in [2.05, 4.69) is 12.2 Å². The quantitative estimate of drug-likeness (QED) is 0.0978. The summed E-state index contributed by atoms with van der Waals surface area (Å²) in [6.07, 6.45) is 13.1. The standard InChI is InChI=1S/C35H44N2O6S3/c1-4-42-34(40)31-25-16-14-22(2)19-28(25)45-32(31)36-30(38)13-9-6-10-18-37-33(39)29(46-35(37)44)21-23-15-17-26(27(20-23)41-3)43-24-11-7-5-8-12-24/h15,17,20-22,24H,4-14,16,18-19H2,1-3H3,(H,36,38)/b29-21-. The molecule has 11 heteroatoms. The third-order valence-corrected chi connectivity index (χ3v) is 11.3. The van der Waals surface area contributed by atoms with Gasteiger partial charge < -0.3 is 19.5 Å². The molecule has 1 saturated heterocycles. The first kappa shape index (κ1) is 34.4. The number of benzene rings is 1. The predicted molar refractivity (Wildman–Crippen MR) is 189 cm³/mol. The van der Waals surface area contributed by atoms with Gasteiger partial charge in [-0.1, -0.05) is 49.8 Å². The monoisotopic (exact) mass is 684 g/mol. The lowest BCUT2D eigenvalue weighted by Crippen LogP contribution is -2.29. The summed E-state index contributed by atoms with van der Waals surface area (Å²) in [6, 6.07) is 5.76. The molecule has 2 aliphatic carbocycles. The number of amides is 2. The van der Waals surface area contributed by atoms with Crippen LogP contribution in [0.1, 0.15) is 104 Å². The molecule has 248 valence electrons. The number of methoxy groups -OCH3 is 1. The van der Waals surface area contributed by atoms with E-state index in [1.807, 2.05) is 24.3 Å². The number of fused-ring (bicyclic) bond motifs is 1. The molecule has 1 aromatic carbocycles. The Bertz CT molecular complexity index is 1480. The summed E-state index contributed by atoms with van der Waals surface area (Å²) < 4.78 is 17.7. The molecule has 8 nitrogen and oxygen atoms in total. The van der Waals surface area contributed by atoms with Crippen LogP contribution in [0.3, 0.4) is 0 Å². The van der Waals surface area contributed by atoms with Crippen LogP contribution < -0.4 is 14.8 Å². The van der Waals surface area contributed by atoms with Crippen LogP contribution in [0.25, 0.3) is 6.08 Å². The van der Waals surface area contributed by atoms with Gasteiger partial charge in [0.1, 0.15) is 9.32 Å². The van der Waals surface area contributed by atoms with E-state index in [0.29, 0.717) is 57.5 Å². The van der Waals surface area contributed by atoms with E-state index in [-0.39, 0.29) is 23.9 Å². The molecule has 5 rings (SSSR count). The number of ether oxygens (including phenoxy) is 3. The topological polar surface area (TPSA) is 94.2 Å². The first-order valence-electron chi connectivity index (χ1n) is 16.5. The van der Waals surface area contributed by atoms with Crippen LogP contribution in [-0.2, 0) is 27.2 Å². The number of nitrogens with one attached hydrogen (secondary N) is 1. The molecular weight excluding hydrogens is 641 g/mol. The molecule has 2 fully saturated rings. The van der Waals surface area contributed by atoms with Crippen LogP contribution in [0.4, 0.5) is 5.00 Å². The molecule has 1 unspecified atom stereocenters. The van der Waals surface area contributed by atoms with Gasteiger partial charge in [-0.15, -0.1) is 11.3 Å². The number of unbranched alkanes of at least 4 members (excludes halogenated alkanes) is 2. The Morgan fingerprint density at radius 3 is 2.67 bits per heavy atom. The van der Waals surface area contributed by atoms with Crippen LogP contribution in [0.2, 0.25) is 0 Å². The highest BCUT2D eigenvalue weighted by atomic mass is 32.2. The van der Waals surface area contributed by atoms with Crippen molar-refractivity contribution >= 4 is 68.5 Å². The van der Waals surface area contributed by atoms with Gasteiger partial charge in [0, 0.05) is 17.8 Å². The molecule has 2 heterocycles. The molecule has 1 aromatic heterocycles. The van der Waals surface area contributed by atoms with Crippen molar-refractivity contribution in [3.8, 4) is 11.5 Å². The maximum absolute atomic E-state index is 13.2. The van der Waals surface area contributed by atoms with Gasteiger partial charge in [0.15, 0.2) is 11.5 Å². The molecule has 1 aliphatic heterocycles. The van der Waals surface area contributed by atoms with E-state index >= 15 is 0 Å². The van der Waals surface area contributed by atoms with Crippen LogP contribution >= 0.6 is 35.3 Å². The van der Waals surface area contributed by atoms with Gasteiger partial charge in [-0.3, -0.25) is 14.5 Å². The van der Waals surface area contributed by atoms with Crippen molar-refractivity contribution in [2.45, 2.75) is 97.0 Å². The minimum Gasteiger partial charge on any atom is -0.493 e. The highest BCUT2D eigenvalue weighted by Crippen LogP contribution is 2.40. The average Bonchev–Trinajstić information content (AvgIpc) is 3.52. The molecule has 1 saturated carbocycles. The molecule has 3 aliphatic rings. The third kappa shape index (κ3) is 8.52. The van der Waals surface area contributed by atoms with Crippen LogP contribution in [-0.4, -0.2) is 53.4 Å². The first-order valence-corrected chi connectivity index (χ1v) is 18.5. The number of anilines is 1. The Balaban J connectivity index is 1.10. The summed E-state index contributed by atoms with van der Waals surface area (Å²) in [6.45, 7) is 4.80. The zero-order valence-corrected chi connectivity index (χ0v) is 29.4. The number of carbonyl (C=O) groups excluding carboxylic acids is 3. The maximum Gasteiger partial charge on any atom is 0.341 e. The zero-order chi connectivity index (χ0) is 32.6. The number of esters is 1. The minimum absolute atomic E-state index is 0.100.